The highest BCUT2D eigenvalue weighted by Crippen LogP contribution is 2.42. The smallest absolute Gasteiger partial charge is 0.0523 e. The quantitative estimate of drug-likeness (QED) is 0.529. The first-order chi connectivity index (χ1) is 7.45. The van der Waals surface area contributed by atoms with Crippen LogP contribution in [0.1, 0.15) is 17.5 Å². The second-order valence-corrected chi connectivity index (χ2v) is 5.97. The first kappa shape index (κ1) is 8.31. The molecular weight excluding hydrogens is 220 g/mol. The van der Waals surface area contributed by atoms with Crippen molar-refractivity contribution < 1.29 is 0 Å². The van der Waals surface area contributed by atoms with E-state index in [2.05, 4.69) is 22.9 Å². The Balaban J connectivity index is 2.38. The van der Waals surface area contributed by atoms with Crippen molar-refractivity contribution in [3.63, 3.8) is 0 Å². The molecule has 0 bridgehead atoms. The molecule has 1 aromatic carbocycles. The second kappa shape index (κ2) is 2.83. The van der Waals surface area contributed by atoms with Gasteiger partial charge in [0.25, 0.3) is 0 Å². The minimum absolute atomic E-state index is 1.29. The van der Waals surface area contributed by atoms with Crippen LogP contribution in [0, 0.1) is 0 Å². The molecule has 0 fully saturated rings. The highest BCUT2D eigenvalue weighted by molar-refractivity contribution is 7.25. The normalized spacial score (nSPS) is 15.2. The van der Waals surface area contributed by atoms with Crippen LogP contribution in [0.5, 0.6) is 0 Å². The van der Waals surface area contributed by atoms with Crippen LogP contribution in [-0.4, -0.2) is 0 Å². The van der Waals surface area contributed by atoms with Gasteiger partial charge in [0.2, 0.25) is 0 Å². The van der Waals surface area contributed by atoms with Crippen molar-refractivity contribution in [3.05, 3.63) is 34.0 Å². The summed E-state index contributed by atoms with van der Waals surface area (Å²) in [7, 11) is 0. The summed E-state index contributed by atoms with van der Waals surface area (Å²) in [4.78, 5) is 0. The first-order valence-corrected chi connectivity index (χ1v) is 7.09. The van der Waals surface area contributed by atoms with Gasteiger partial charge in [-0.1, -0.05) is 0 Å². The number of aryl methyl sites for hydroxylation is 2. The molecule has 74 valence electrons. The number of thiophene rings is 2. The summed E-state index contributed by atoms with van der Waals surface area (Å²) in [5, 5.41) is 7.54. The molecule has 15 heavy (non-hydrogen) atoms. The molecule has 4 rings (SSSR count). The third-order valence-corrected chi connectivity index (χ3v) is 5.40. The number of fused-ring (bicyclic) bond motifs is 6. The average Bonchev–Trinajstić information content (AvgIpc) is 2.97. The number of rotatable bonds is 0. The van der Waals surface area contributed by atoms with E-state index in [1.165, 1.54) is 39.4 Å². The SMILES string of the molecule is c1cc2c3c(c4ccsc4c2s1)CCC3. The summed E-state index contributed by atoms with van der Waals surface area (Å²) in [6.07, 6.45) is 3.91. The molecule has 0 N–H and O–H groups in total. The van der Waals surface area contributed by atoms with Crippen LogP contribution in [0.25, 0.3) is 20.2 Å². The molecular formula is C13H10S2. The zero-order chi connectivity index (χ0) is 9.83. The Hall–Kier alpha value is -0.860. The Bertz CT molecular complexity index is 600. The van der Waals surface area contributed by atoms with Crippen LogP contribution >= 0.6 is 22.7 Å². The Labute approximate surface area is 96.2 Å². The molecule has 1 aliphatic rings. The maximum Gasteiger partial charge on any atom is 0.0523 e. The van der Waals surface area contributed by atoms with Gasteiger partial charge in [-0.25, -0.2) is 0 Å². The van der Waals surface area contributed by atoms with Gasteiger partial charge in [-0.3, -0.25) is 0 Å². The molecule has 0 saturated carbocycles. The lowest BCUT2D eigenvalue weighted by Crippen LogP contribution is -1.83. The number of benzene rings is 1. The van der Waals surface area contributed by atoms with E-state index < -0.39 is 0 Å². The molecule has 0 spiro atoms. The van der Waals surface area contributed by atoms with Crippen LogP contribution in [-0.2, 0) is 12.8 Å². The molecule has 0 saturated heterocycles. The van der Waals surface area contributed by atoms with E-state index in [0.29, 0.717) is 0 Å². The van der Waals surface area contributed by atoms with Crippen molar-refractivity contribution in [2.75, 3.05) is 0 Å². The number of hydrogen-bond donors (Lipinski definition) is 0. The number of hydrogen-bond acceptors (Lipinski definition) is 2. The van der Waals surface area contributed by atoms with Crippen LogP contribution in [0.3, 0.4) is 0 Å². The molecule has 1 aliphatic carbocycles. The summed E-state index contributed by atoms with van der Waals surface area (Å²) in [5.41, 5.74) is 3.27. The highest BCUT2D eigenvalue weighted by atomic mass is 32.1. The minimum atomic E-state index is 1.29. The first-order valence-electron chi connectivity index (χ1n) is 5.33. The van der Waals surface area contributed by atoms with Crippen LogP contribution in [0.15, 0.2) is 22.9 Å². The van der Waals surface area contributed by atoms with Gasteiger partial charge >= 0.3 is 0 Å². The largest absolute Gasteiger partial charge is 0.142 e. The Kier molecular flexibility index (Phi) is 1.57. The van der Waals surface area contributed by atoms with Crippen molar-refractivity contribution in [2.24, 2.45) is 0 Å². The van der Waals surface area contributed by atoms with Crippen molar-refractivity contribution in [3.8, 4) is 0 Å². The molecule has 2 heteroatoms. The lowest BCUT2D eigenvalue weighted by atomic mass is 10.0. The molecule has 3 aromatic rings. The third kappa shape index (κ3) is 0.963. The van der Waals surface area contributed by atoms with Crippen molar-refractivity contribution in [1.29, 1.82) is 0 Å². The van der Waals surface area contributed by atoms with Crippen LogP contribution in [0.4, 0.5) is 0 Å². The monoisotopic (exact) mass is 230 g/mol. The van der Waals surface area contributed by atoms with E-state index in [-0.39, 0.29) is 0 Å². The molecule has 2 heterocycles. The lowest BCUT2D eigenvalue weighted by Gasteiger charge is -2.03. The van der Waals surface area contributed by atoms with Gasteiger partial charge in [0.15, 0.2) is 0 Å². The molecule has 0 nitrogen and oxygen atoms in total. The van der Waals surface area contributed by atoms with E-state index in [0.717, 1.165) is 0 Å². The standard InChI is InChI=1S/C13H10S2/c1-2-8-9(3-1)11-5-7-15-13(11)12-10(8)4-6-14-12/h4-7H,1-3H2. The summed E-state index contributed by atoms with van der Waals surface area (Å²) >= 11 is 3.80. The van der Waals surface area contributed by atoms with Gasteiger partial charge in [0.05, 0.1) is 9.40 Å². The zero-order valence-electron chi connectivity index (χ0n) is 8.25. The zero-order valence-corrected chi connectivity index (χ0v) is 9.88. The molecule has 2 aromatic heterocycles. The summed E-state index contributed by atoms with van der Waals surface area (Å²) in [6, 6.07) is 4.62. The Morgan fingerprint density at radius 1 is 0.800 bits per heavy atom. The Morgan fingerprint density at radius 3 is 1.87 bits per heavy atom. The maximum absolute atomic E-state index is 2.31. The van der Waals surface area contributed by atoms with Gasteiger partial charge in [0.1, 0.15) is 0 Å². The average molecular weight is 230 g/mol. The van der Waals surface area contributed by atoms with Crippen molar-refractivity contribution >= 4 is 42.8 Å². The van der Waals surface area contributed by atoms with Crippen LogP contribution in [0.2, 0.25) is 0 Å². The molecule has 0 atom stereocenters. The molecule has 0 unspecified atom stereocenters. The minimum Gasteiger partial charge on any atom is -0.142 e. The lowest BCUT2D eigenvalue weighted by molar-refractivity contribution is 0.915. The fourth-order valence-corrected chi connectivity index (χ4v) is 4.82. The molecule has 0 aliphatic heterocycles. The second-order valence-electron chi connectivity index (χ2n) is 4.14. The fourth-order valence-electron chi connectivity index (χ4n) is 2.78. The maximum atomic E-state index is 2.31. The van der Waals surface area contributed by atoms with Crippen LogP contribution < -0.4 is 0 Å². The van der Waals surface area contributed by atoms with Gasteiger partial charge < -0.3 is 0 Å². The van der Waals surface area contributed by atoms with E-state index in [1.54, 1.807) is 11.1 Å². The predicted molar refractivity (Wildman–Crippen MR) is 69.2 cm³/mol. The summed E-state index contributed by atoms with van der Waals surface area (Å²) in [5.74, 6) is 0. The summed E-state index contributed by atoms with van der Waals surface area (Å²) < 4.78 is 3.03. The van der Waals surface area contributed by atoms with Gasteiger partial charge in [0, 0.05) is 0 Å². The van der Waals surface area contributed by atoms with Gasteiger partial charge in [-0.05, 0) is 64.1 Å². The van der Waals surface area contributed by atoms with Crippen molar-refractivity contribution in [1.82, 2.24) is 0 Å². The van der Waals surface area contributed by atoms with E-state index in [1.807, 2.05) is 22.7 Å². The predicted octanol–water partition coefficient (Wildman–Crippen LogP) is 4.60. The highest BCUT2D eigenvalue weighted by Gasteiger charge is 2.19. The Morgan fingerprint density at radius 2 is 1.33 bits per heavy atom. The van der Waals surface area contributed by atoms with E-state index in [9.17, 15) is 0 Å². The van der Waals surface area contributed by atoms with Crippen molar-refractivity contribution in [2.45, 2.75) is 19.3 Å². The molecule has 0 amide bonds. The molecule has 0 radical (unpaired) electrons. The third-order valence-electron chi connectivity index (χ3n) is 3.40. The van der Waals surface area contributed by atoms with Gasteiger partial charge in [-0.15, -0.1) is 22.7 Å². The topological polar surface area (TPSA) is 0 Å². The van der Waals surface area contributed by atoms with E-state index >= 15 is 0 Å². The van der Waals surface area contributed by atoms with E-state index in [4.69, 9.17) is 0 Å². The fraction of sp³-hybridized carbons (Fsp3) is 0.231. The van der Waals surface area contributed by atoms with Gasteiger partial charge in [-0.2, -0.15) is 0 Å². The summed E-state index contributed by atoms with van der Waals surface area (Å²) in [6.45, 7) is 0.